The summed E-state index contributed by atoms with van der Waals surface area (Å²) >= 11 is 0. The number of hydrogen-bond acceptors (Lipinski definition) is 4. The number of carboxylic acid groups (broad SMARTS) is 1. The number of nitrogens with zero attached hydrogens (tertiary/aromatic N) is 1. The van der Waals surface area contributed by atoms with E-state index >= 15 is 0 Å². The average Bonchev–Trinajstić information content (AvgIpc) is 2.67. The van der Waals surface area contributed by atoms with Gasteiger partial charge in [0.1, 0.15) is 0 Å². The van der Waals surface area contributed by atoms with Crippen molar-refractivity contribution in [3.8, 4) is 0 Å². The fourth-order valence-corrected chi connectivity index (χ4v) is 3.81. The predicted molar refractivity (Wildman–Crippen MR) is 99.3 cm³/mol. The summed E-state index contributed by atoms with van der Waals surface area (Å²) in [5.74, 6) is -1.28. The molecule has 1 fully saturated rings. The lowest BCUT2D eigenvalue weighted by Crippen LogP contribution is -2.44. The van der Waals surface area contributed by atoms with Crippen LogP contribution < -0.4 is 5.32 Å². The van der Waals surface area contributed by atoms with Gasteiger partial charge in [0.2, 0.25) is 11.8 Å². The van der Waals surface area contributed by atoms with E-state index in [0.29, 0.717) is 26.1 Å². The number of para-hydroxylation sites is 1. The highest BCUT2D eigenvalue weighted by Crippen LogP contribution is 2.28. The monoisotopic (exact) mass is 374 g/mol. The Hall–Kier alpha value is -2.41. The van der Waals surface area contributed by atoms with Crippen molar-refractivity contribution in [3.05, 3.63) is 29.8 Å². The van der Waals surface area contributed by atoms with Gasteiger partial charge in [-0.3, -0.25) is 14.4 Å². The molecule has 0 aromatic heterocycles. The molecule has 2 N–H and O–H groups in total. The van der Waals surface area contributed by atoms with E-state index < -0.39 is 5.97 Å². The Kier molecular flexibility index (Phi) is 6.45. The van der Waals surface area contributed by atoms with Crippen molar-refractivity contribution in [2.75, 3.05) is 25.1 Å². The van der Waals surface area contributed by atoms with Crippen molar-refractivity contribution in [1.29, 1.82) is 0 Å². The molecular weight excluding hydrogens is 348 g/mol. The van der Waals surface area contributed by atoms with Gasteiger partial charge in [0.15, 0.2) is 0 Å². The minimum absolute atomic E-state index is 0.0199. The molecule has 0 bridgehead atoms. The van der Waals surface area contributed by atoms with Crippen molar-refractivity contribution in [2.24, 2.45) is 5.92 Å². The van der Waals surface area contributed by atoms with Gasteiger partial charge in [0, 0.05) is 43.8 Å². The summed E-state index contributed by atoms with van der Waals surface area (Å²) in [5, 5.41) is 11.9. The van der Waals surface area contributed by atoms with E-state index in [9.17, 15) is 14.4 Å². The third-order valence-electron chi connectivity index (χ3n) is 5.34. The van der Waals surface area contributed by atoms with Crippen LogP contribution in [0.3, 0.4) is 0 Å². The Morgan fingerprint density at radius 1 is 1.19 bits per heavy atom. The van der Waals surface area contributed by atoms with E-state index in [2.05, 4.69) is 5.32 Å². The SMILES string of the molecule is O=C(O)CCN(C(=O)CC[C@H]1Cc2ccccc2NC1=O)C1CCOCC1. The van der Waals surface area contributed by atoms with Gasteiger partial charge in [-0.05, 0) is 37.3 Å². The van der Waals surface area contributed by atoms with Crippen molar-refractivity contribution < 1.29 is 24.2 Å². The lowest BCUT2D eigenvalue weighted by Gasteiger charge is -2.34. The van der Waals surface area contributed by atoms with Gasteiger partial charge in [-0.15, -0.1) is 0 Å². The van der Waals surface area contributed by atoms with E-state index in [1.54, 1.807) is 4.90 Å². The number of amides is 2. The minimum Gasteiger partial charge on any atom is -0.481 e. The van der Waals surface area contributed by atoms with E-state index in [1.807, 2.05) is 24.3 Å². The zero-order chi connectivity index (χ0) is 19.2. The summed E-state index contributed by atoms with van der Waals surface area (Å²) in [4.78, 5) is 37.8. The molecule has 2 heterocycles. The highest BCUT2D eigenvalue weighted by atomic mass is 16.5. The third-order valence-corrected chi connectivity index (χ3v) is 5.34. The van der Waals surface area contributed by atoms with Gasteiger partial charge in [0.25, 0.3) is 0 Å². The first-order chi connectivity index (χ1) is 13.0. The van der Waals surface area contributed by atoms with Crippen LogP contribution in [0.4, 0.5) is 5.69 Å². The predicted octanol–water partition coefficient (Wildman–Crippen LogP) is 2.06. The zero-order valence-corrected chi connectivity index (χ0v) is 15.4. The van der Waals surface area contributed by atoms with Crippen LogP contribution in [0.5, 0.6) is 0 Å². The van der Waals surface area contributed by atoms with Crippen LogP contribution in [0.15, 0.2) is 24.3 Å². The maximum Gasteiger partial charge on any atom is 0.305 e. The highest BCUT2D eigenvalue weighted by Gasteiger charge is 2.29. The fraction of sp³-hybridized carbons (Fsp3) is 0.550. The van der Waals surface area contributed by atoms with Crippen molar-refractivity contribution in [3.63, 3.8) is 0 Å². The molecule has 3 rings (SSSR count). The molecule has 0 radical (unpaired) electrons. The first-order valence-electron chi connectivity index (χ1n) is 9.52. The summed E-state index contributed by atoms with van der Waals surface area (Å²) in [6.45, 7) is 1.38. The van der Waals surface area contributed by atoms with E-state index in [1.165, 1.54) is 0 Å². The van der Waals surface area contributed by atoms with E-state index in [-0.39, 0.29) is 43.2 Å². The molecule has 0 spiro atoms. The van der Waals surface area contributed by atoms with Crippen LogP contribution in [0.25, 0.3) is 0 Å². The van der Waals surface area contributed by atoms with Gasteiger partial charge in [-0.1, -0.05) is 18.2 Å². The number of rotatable bonds is 7. The molecule has 0 unspecified atom stereocenters. The third kappa shape index (κ3) is 5.07. The summed E-state index contributed by atoms with van der Waals surface area (Å²) < 4.78 is 5.35. The number of anilines is 1. The quantitative estimate of drug-likeness (QED) is 0.762. The van der Waals surface area contributed by atoms with Crippen molar-refractivity contribution >= 4 is 23.5 Å². The number of ether oxygens (including phenoxy) is 1. The number of benzene rings is 1. The molecule has 27 heavy (non-hydrogen) atoms. The van der Waals surface area contributed by atoms with Gasteiger partial charge in [-0.25, -0.2) is 0 Å². The summed E-state index contributed by atoms with van der Waals surface area (Å²) in [7, 11) is 0. The lowest BCUT2D eigenvalue weighted by molar-refractivity contribution is -0.140. The fourth-order valence-electron chi connectivity index (χ4n) is 3.81. The number of carboxylic acids is 1. The van der Waals surface area contributed by atoms with Crippen LogP contribution >= 0.6 is 0 Å². The molecule has 2 amide bonds. The Morgan fingerprint density at radius 3 is 2.67 bits per heavy atom. The van der Waals surface area contributed by atoms with Gasteiger partial charge in [-0.2, -0.15) is 0 Å². The smallest absolute Gasteiger partial charge is 0.305 e. The maximum atomic E-state index is 12.8. The van der Waals surface area contributed by atoms with Gasteiger partial charge >= 0.3 is 5.97 Å². The number of aliphatic carboxylic acids is 1. The normalized spacial score (nSPS) is 19.9. The second-order valence-electron chi connectivity index (χ2n) is 7.16. The molecule has 1 atom stereocenters. The molecule has 0 aliphatic carbocycles. The first kappa shape index (κ1) is 19.4. The van der Waals surface area contributed by atoms with Crippen molar-refractivity contribution in [1.82, 2.24) is 4.90 Å². The Labute approximate surface area is 158 Å². The Morgan fingerprint density at radius 2 is 1.93 bits per heavy atom. The van der Waals surface area contributed by atoms with E-state index in [4.69, 9.17) is 9.84 Å². The molecule has 1 aromatic carbocycles. The molecule has 1 aromatic rings. The summed E-state index contributed by atoms with van der Waals surface area (Å²) in [6.07, 6.45) is 2.72. The van der Waals surface area contributed by atoms with Crippen LogP contribution in [0.2, 0.25) is 0 Å². The molecule has 2 aliphatic rings. The Balaban J connectivity index is 1.59. The second kappa shape index (κ2) is 8.99. The molecule has 7 heteroatoms. The summed E-state index contributed by atoms with van der Waals surface area (Å²) in [6, 6.07) is 7.72. The highest BCUT2D eigenvalue weighted by molar-refractivity contribution is 5.96. The number of nitrogens with one attached hydrogen (secondary N) is 1. The van der Waals surface area contributed by atoms with Gasteiger partial charge in [0.05, 0.1) is 6.42 Å². The number of hydrogen-bond donors (Lipinski definition) is 2. The first-order valence-corrected chi connectivity index (χ1v) is 9.52. The number of carbonyl (C=O) groups excluding carboxylic acids is 2. The molecule has 7 nitrogen and oxygen atoms in total. The maximum absolute atomic E-state index is 12.8. The second-order valence-corrected chi connectivity index (χ2v) is 7.16. The van der Waals surface area contributed by atoms with Crippen LogP contribution in [-0.4, -0.2) is 53.6 Å². The van der Waals surface area contributed by atoms with Crippen LogP contribution in [0.1, 0.15) is 37.7 Å². The van der Waals surface area contributed by atoms with E-state index in [0.717, 1.165) is 24.1 Å². The minimum atomic E-state index is -0.914. The molecule has 0 saturated carbocycles. The lowest BCUT2D eigenvalue weighted by atomic mass is 9.89. The van der Waals surface area contributed by atoms with Crippen molar-refractivity contribution in [2.45, 2.75) is 44.6 Å². The molecule has 2 aliphatic heterocycles. The number of carbonyl (C=O) groups is 3. The molecule has 146 valence electrons. The van der Waals surface area contributed by atoms with Gasteiger partial charge < -0.3 is 20.1 Å². The molecular formula is C20H26N2O5. The average molecular weight is 374 g/mol. The zero-order valence-electron chi connectivity index (χ0n) is 15.4. The van der Waals surface area contributed by atoms with Crippen LogP contribution in [0, 0.1) is 5.92 Å². The summed E-state index contributed by atoms with van der Waals surface area (Å²) in [5.41, 5.74) is 1.93. The topological polar surface area (TPSA) is 95.9 Å². The number of fused-ring (bicyclic) bond motifs is 1. The van der Waals surface area contributed by atoms with Crippen LogP contribution in [-0.2, 0) is 25.5 Å². The Bertz CT molecular complexity index is 699. The standard InChI is InChI=1S/C20H26N2O5/c23-18(22(10-7-19(24)25)16-8-11-27-12-9-16)6-5-15-13-14-3-1-2-4-17(14)21-20(15)26/h1-4,15-16H,5-13H2,(H,21,26)(H,24,25)/t15-/m0/s1. The molecule has 1 saturated heterocycles. The largest absolute Gasteiger partial charge is 0.481 e.